The summed E-state index contributed by atoms with van der Waals surface area (Å²) in [6.45, 7) is 4.09. The highest BCUT2D eigenvalue weighted by molar-refractivity contribution is 7.99. The number of benzene rings is 1. The van der Waals surface area contributed by atoms with Crippen LogP contribution in [0.3, 0.4) is 0 Å². The third-order valence-corrected chi connectivity index (χ3v) is 5.95. The van der Waals surface area contributed by atoms with Gasteiger partial charge in [0, 0.05) is 13.1 Å². The van der Waals surface area contributed by atoms with Crippen molar-refractivity contribution < 1.29 is 9.53 Å². The fourth-order valence-electron chi connectivity index (χ4n) is 3.34. The molecule has 1 aromatic heterocycles. The van der Waals surface area contributed by atoms with Gasteiger partial charge in [-0.25, -0.2) is 0 Å². The highest BCUT2D eigenvalue weighted by Gasteiger charge is 2.20. The SMILES string of the molecule is CCc1ccc(OC(C)c2nnc(SCC(=O)NC3CCCC3)n2C)cc1. The van der Waals surface area contributed by atoms with Crippen LogP contribution in [0.25, 0.3) is 0 Å². The number of amides is 1. The van der Waals surface area contributed by atoms with E-state index in [0.717, 1.165) is 36.0 Å². The van der Waals surface area contributed by atoms with E-state index in [4.69, 9.17) is 4.74 Å². The maximum absolute atomic E-state index is 12.1. The van der Waals surface area contributed by atoms with Crippen LogP contribution >= 0.6 is 11.8 Å². The molecule has 0 radical (unpaired) electrons. The molecule has 1 amide bonds. The van der Waals surface area contributed by atoms with Gasteiger partial charge in [0.25, 0.3) is 0 Å². The Hall–Kier alpha value is -2.02. The molecular weight excluding hydrogens is 360 g/mol. The first-order chi connectivity index (χ1) is 13.1. The van der Waals surface area contributed by atoms with Gasteiger partial charge < -0.3 is 14.6 Å². The Morgan fingerprint density at radius 2 is 2.00 bits per heavy atom. The molecule has 0 aliphatic heterocycles. The largest absolute Gasteiger partial charge is 0.483 e. The second-order valence-corrected chi connectivity index (χ2v) is 7.94. The Labute approximate surface area is 165 Å². The maximum atomic E-state index is 12.1. The van der Waals surface area contributed by atoms with Gasteiger partial charge in [0.1, 0.15) is 5.75 Å². The van der Waals surface area contributed by atoms with E-state index in [2.05, 4.69) is 34.6 Å². The zero-order valence-electron chi connectivity index (χ0n) is 16.3. The number of aromatic nitrogens is 3. The number of ether oxygens (including phenoxy) is 1. The quantitative estimate of drug-likeness (QED) is 0.699. The highest BCUT2D eigenvalue weighted by atomic mass is 32.2. The minimum Gasteiger partial charge on any atom is -0.483 e. The first-order valence-electron chi connectivity index (χ1n) is 9.64. The molecule has 1 fully saturated rings. The van der Waals surface area contributed by atoms with Crippen LogP contribution in [0.5, 0.6) is 5.75 Å². The van der Waals surface area contributed by atoms with Crippen molar-refractivity contribution in [2.75, 3.05) is 5.75 Å². The third-order valence-electron chi connectivity index (χ3n) is 4.93. The molecule has 1 unspecified atom stereocenters. The summed E-state index contributed by atoms with van der Waals surface area (Å²) in [5, 5.41) is 12.3. The Bertz CT molecular complexity index is 754. The van der Waals surface area contributed by atoms with E-state index in [9.17, 15) is 4.79 Å². The molecule has 27 heavy (non-hydrogen) atoms. The molecule has 1 saturated carbocycles. The molecule has 3 rings (SSSR count). The van der Waals surface area contributed by atoms with Gasteiger partial charge in [0.2, 0.25) is 5.91 Å². The van der Waals surface area contributed by atoms with Gasteiger partial charge in [-0.15, -0.1) is 10.2 Å². The van der Waals surface area contributed by atoms with Crippen molar-refractivity contribution in [3.63, 3.8) is 0 Å². The van der Waals surface area contributed by atoms with Gasteiger partial charge in [-0.1, -0.05) is 43.7 Å². The minimum atomic E-state index is -0.225. The fraction of sp³-hybridized carbons (Fsp3) is 0.550. The molecular formula is C20H28N4O2S. The molecule has 0 bridgehead atoms. The molecule has 7 heteroatoms. The Kier molecular flexibility index (Phi) is 6.77. The number of carbonyl (C=O) groups is 1. The Morgan fingerprint density at radius 3 is 2.67 bits per heavy atom. The Morgan fingerprint density at radius 1 is 1.30 bits per heavy atom. The topological polar surface area (TPSA) is 69.0 Å². The summed E-state index contributed by atoms with van der Waals surface area (Å²) < 4.78 is 7.90. The van der Waals surface area contributed by atoms with E-state index in [1.54, 1.807) is 0 Å². The van der Waals surface area contributed by atoms with Crippen LogP contribution in [0, 0.1) is 0 Å². The fourth-order valence-corrected chi connectivity index (χ4v) is 4.07. The molecule has 1 aliphatic carbocycles. The molecule has 2 aromatic rings. The van der Waals surface area contributed by atoms with Crippen LogP contribution in [0.4, 0.5) is 0 Å². The van der Waals surface area contributed by atoms with E-state index in [1.807, 2.05) is 30.7 Å². The van der Waals surface area contributed by atoms with Crippen LogP contribution in [-0.4, -0.2) is 32.5 Å². The van der Waals surface area contributed by atoms with Crippen molar-refractivity contribution in [2.24, 2.45) is 7.05 Å². The number of thioether (sulfide) groups is 1. The zero-order valence-corrected chi connectivity index (χ0v) is 17.1. The predicted octanol–water partition coefficient (Wildman–Crippen LogP) is 3.67. The lowest BCUT2D eigenvalue weighted by atomic mass is 10.2. The summed E-state index contributed by atoms with van der Waals surface area (Å²) in [5.74, 6) is 1.98. The van der Waals surface area contributed by atoms with Crippen LogP contribution < -0.4 is 10.1 Å². The number of rotatable bonds is 8. The molecule has 146 valence electrons. The second kappa shape index (κ2) is 9.26. The smallest absolute Gasteiger partial charge is 0.230 e. The van der Waals surface area contributed by atoms with E-state index in [0.29, 0.717) is 11.8 Å². The summed E-state index contributed by atoms with van der Waals surface area (Å²) in [5.41, 5.74) is 1.28. The van der Waals surface area contributed by atoms with E-state index < -0.39 is 0 Å². The molecule has 1 atom stereocenters. The molecule has 1 aliphatic rings. The lowest BCUT2D eigenvalue weighted by molar-refractivity contribution is -0.119. The summed E-state index contributed by atoms with van der Waals surface area (Å²) in [4.78, 5) is 12.1. The van der Waals surface area contributed by atoms with Crippen molar-refractivity contribution in [1.82, 2.24) is 20.1 Å². The number of hydrogen-bond acceptors (Lipinski definition) is 5. The van der Waals surface area contributed by atoms with Crippen LogP contribution in [0.2, 0.25) is 0 Å². The van der Waals surface area contributed by atoms with Crippen LogP contribution in [0.15, 0.2) is 29.4 Å². The average Bonchev–Trinajstić information content (AvgIpc) is 3.30. The summed E-state index contributed by atoms with van der Waals surface area (Å²) >= 11 is 1.41. The molecule has 0 spiro atoms. The van der Waals surface area contributed by atoms with Gasteiger partial charge in [0.05, 0.1) is 5.75 Å². The molecule has 1 N–H and O–H groups in total. The van der Waals surface area contributed by atoms with E-state index >= 15 is 0 Å². The van der Waals surface area contributed by atoms with Crippen molar-refractivity contribution in [2.45, 2.75) is 63.3 Å². The van der Waals surface area contributed by atoms with E-state index in [-0.39, 0.29) is 12.0 Å². The first-order valence-corrected chi connectivity index (χ1v) is 10.6. The number of aryl methyl sites for hydroxylation is 1. The van der Waals surface area contributed by atoms with Crippen molar-refractivity contribution in [3.8, 4) is 5.75 Å². The van der Waals surface area contributed by atoms with Gasteiger partial charge in [-0.05, 0) is 43.9 Å². The van der Waals surface area contributed by atoms with E-state index in [1.165, 1.54) is 30.2 Å². The zero-order chi connectivity index (χ0) is 19.2. The monoisotopic (exact) mass is 388 g/mol. The molecule has 0 saturated heterocycles. The molecule has 6 nitrogen and oxygen atoms in total. The second-order valence-electron chi connectivity index (χ2n) is 6.99. The number of nitrogens with one attached hydrogen (secondary N) is 1. The Balaban J connectivity index is 1.54. The minimum absolute atomic E-state index is 0.0664. The number of carbonyl (C=O) groups excluding carboxylic acids is 1. The van der Waals surface area contributed by atoms with Gasteiger partial charge in [-0.2, -0.15) is 0 Å². The average molecular weight is 389 g/mol. The summed E-state index contributed by atoms with van der Waals surface area (Å²) in [7, 11) is 1.91. The normalized spacial score (nSPS) is 15.7. The first kappa shape index (κ1) is 19.7. The lowest BCUT2D eigenvalue weighted by Crippen LogP contribution is -2.33. The van der Waals surface area contributed by atoms with Crippen molar-refractivity contribution >= 4 is 17.7 Å². The van der Waals surface area contributed by atoms with Gasteiger partial charge in [-0.3, -0.25) is 4.79 Å². The van der Waals surface area contributed by atoms with Crippen molar-refractivity contribution in [3.05, 3.63) is 35.7 Å². The van der Waals surface area contributed by atoms with Gasteiger partial charge in [0.15, 0.2) is 17.1 Å². The highest BCUT2D eigenvalue weighted by Crippen LogP contribution is 2.24. The van der Waals surface area contributed by atoms with Gasteiger partial charge >= 0.3 is 0 Å². The van der Waals surface area contributed by atoms with Crippen LogP contribution in [0.1, 0.15) is 57.0 Å². The standard InChI is InChI=1S/C20H28N4O2S/c1-4-15-9-11-17(12-10-15)26-14(2)19-22-23-20(24(19)3)27-13-18(25)21-16-7-5-6-8-16/h9-12,14,16H,4-8,13H2,1-3H3,(H,21,25). The third kappa shape index (κ3) is 5.25. The summed E-state index contributed by atoms with van der Waals surface area (Å²) in [6, 6.07) is 8.45. The molecule has 1 heterocycles. The number of hydrogen-bond donors (Lipinski definition) is 1. The summed E-state index contributed by atoms with van der Waals surface area (Å²) in [6.07, 6.45) is 5.40. The lowest BCUT2D eigenvalue weighted by Gasteiger charge is -2.14. The number of nitrogens with zero attached hydrogens (tertiary/aromatic N) is 3. The van der Waals surface area contributed by atoms with Crippen molar-refractivity contribution in [1.29, 1.82) is 0 Å². The van der Waals surface area contributed by atoms with Crippen LogP contribution in [-0.2, 0) is 18.3 Å². The maximum Gasteiger partial charge on any atom is 0.230 e. The molecule has 1 aromatic carbocycles. The predicted molar refractivity (Wildman–Crippen MR) is 107 cm³/mol.